The molecule has 2 aromatic rings. The van der Waals surface area contributed by atoms with Gasteiger partial charge in [-0.15, -0.1) is 11.3 Å². The maximum Gasteiger partial charge on any atom is 0.263 e. The molecule has 0 radical (unpaired) electrons. The first-order valence-corrected chi connectivity index (χ1v) is 7.38. The number of nitrogens with zero attached hydrogens (tertiary/aromatic N) is 2. The van der Waals surface area contributed by atoms with Crippen LogP contribution in [0.25, 0.3) is 0 Å². The van der Waals surface area contributed by atoms with Gasteiger partial charge in [0.25, 0.3) is 5.91 Å². The number of carbonyl (C=O) groups excluding carboxylic acids is 1. The highest BCUT2D eigenvalue weighted by Crippen LogP contribution is 2.16. The summed E-state index contributed by atoms with van der Waals surface area (Å²) in [6, 6.07) is 5.66. The fraction of sp³-hybridized carbons (Fsp3) is 0.200. The van der Waals surface area contributed by atoms with Crippen LogP contribution in [0.5, 0.6) is 0 Å². The van der Waals surface area contributed by atoms with E-state index in [2.05, 4.69) is 15.3 Å². The Balaban J connectivity index is 1.89. The summed E-state index contributed by atoms with van der Waals surface area (Å²) in [6.07, 6.45) is 1.41. The van der Waals surface area contributed by atoms with Crippen molar-refractivity contribution in [3.63, 3.8) is 0 Å². The summed E-state index contributed by atoms with van der Waals surface area (Å²) < 4.78 is 13.0. The standard InChI is InChI=1S/C15H15FN4OS/c1-9-13(22-10(2)20-9)15(21)19-7-6-18-14(17)11-4-3-5-12(16)8-11/h3-6,8,17H,7H2,1-2H3,(H,19,21). The molecule has 0 aliphatic rings. The van der Waals surface area contributed by atoms with Crippen LogP contribution in [0.1, 0.15) is 25.9 Å². The lowest BCUT2D eigenvalue weighted by Gasteiger charge is -2.00. The average molecular weight is 318 g/mol. The zero-order chi connectivity index (χ0) is 16.1. The molecule has 0 spiro atoms. The minimum Gasteiger partial charge on any atom is -0.346 e. The highest BCUT2D eigenvalue weighted by molar-refractivity contribution is 7.13. The van der Waals surface area contributed by atoms with Crippen LogP contribution in [-0.2, 0) is 0 Å². The molecule has 22 heavy (non-hydrogen) atoms. The Labute approximate surface area is 131 Å². The molecule has 2 N–H and O–H groups in total. The van der Waals surface area contributed by atoms with Crippen LogP contribution >= 0.6 is 11.3 Å². The van der Waals surface area contributed by atoms with Gasteiger partial charge < -0.3 is 5.32 Å². The zero-order valence-electron chi connectivity index (χ0n) is 12.2. The van der Waals surface area contributed by atoms with Crippen LogP contribution in [0.2, 0.25) is 0 Å². The van der Waals surface area contributed by atoms with Crippen LogP contribution < -0.4 is 5.32 Å². The Morgan fingerprint density at radius 2 is 2.27 bits per heavy atom. The third-order valence-corrected chi connectivity index (χ3v) is 3.85. The van der Waals surface area contributed by atoms with E-state index >= 15 is 0 Å². The number of carbonyl (C=O) groups is 1. The summed E-state index contributed by atoms with van der Waals surface area (Å²) in [5.74, 6) is -0.688. The van der Waals surface area contributed by atoms with Crippen LogP contribution in [0.3, 0.4) is 0 Å². The number of aryl methyl sites for hydroxylation is 2. The number of rotatable bonds is 4. The van der Waals surface area contributed by atoms with Gasteiger partial charge in [-0.05, 0) is 26.0 Å². The van der Waals surface area contributed by atoms with Crippen molar-refractivity contribution >= 4 is 29.3 Å². The predicted octanol–water partition coefficient (Wildman–Crippen LogP) is 2.73. The Hall–Kier alpha value is -2.41. The number of aliphatic imine (C=N–C) groups is 1. The van der Waals surface area contributed by atoms with Gasteiger partial charge in [-0.25, -0.2) is 14.4 Å². The molecule has 0 saturated carbocycles. The maximum atomic E-state index is 13.0. The molecule has 114 valence electrons. The molecule has 2 rings (SSSR count). The molecule has 0 atom stereocenters. The number of benzene rings is 1. The molecule has 0 aliphatic heterocycles. The molecule has 0 unspecified atom stereocenters. The van der Waals surface area contributed by atoms with Crippen LogP contribution in [-0.4, -0.2) is 29.5 Å². The summed E-state index contributed by atoms with van der Waals surface area (Å²) in [6.45, 7) is 3.81. The first-order valence-electron chi connectivity index (χ1n) is 6.56. The summed E-state index contributed by atoms with van der Waals surface area (Å²) >= 11 is 1.33. The van der Waals surface area contributed by atoms with Gasteiger partial charge in [0.2, 0.25) is 0 Å². The van der Waals surface area contributed by atoms with Crippen molar-refractivity contribution in [3.05, 3.63) is 51.2 Å². The van der Waals surface area contributed by atoms with E-state index in [1.165, 1.54) is 35.8 Å². The van der Waals surface area contributed by atoms with Crippen molar-refractivity contribution in [2.75, 3.05) is 6.54 Å². The molecule has 0 bridgehead atoms. The highest BCUT2D eigenvalue weighted by atomic mass is 32.1. The Kier molecular flexibility index (Phi) is 5.11. The van der Waals surface area contributed by atoms with Gasteiger partial charge in [0.05, 0.1) is 17.2 Å². The van der Waals surface area contributed by atoms with Crippen molar-refractivity contribution < 1.29 is 9.18 Å². The molecule has 1 aromatic heterocycles. The zero-order valence-corrected chi connectivity index (χ0v) is 13.0. The largest absolute Gasteiger partial charge is 0.346 e. The number of thiazole rings is 1. The van der Waals surface area contributed by atoms with Gasteiger partial charge >= 0.3 is 0 Å². The molecule has 0 aliphatic carbocycles. The lowest BCUT2D eigenvalue weighted by atomic mass is 10.2. The number of hydrogen-bond donors (Lipinski definition) is 2. The molecule has 5 nitrogen and oxygen atoms in total. The van der Waals surface area contributed by atoms with Crippen molar-refractivity contribution in [1.29, 1.82) is 5.41 Å². The maximum absolute atomic E-state index is 13.0. The number of amidine groups is 1. The van der Waals surface area contributed by atoms with E-state index in [9.17, 15) is 9.18 Å². The molecule has 0 saturated heterocycles. The lowest BCUT2D eigenvalue weighted by Crippen LogP contribution is -2.25. The van der Waals surface area contributed by atoms with Crippen LogP contribution in [0.4, 0.5) is 4.39 Å². The minimum atomic E-state index is -0.415. The summed E-state index contributed by atoms with van der Waals surface area (Å²) in [7, 11) is 0. The molecule has 1 heterocycles. The number of amides is 1. The first-order chi connectivity index (χ1) is 10.5. The van der Waals surface area contributed by atoms with Crippen molar-refractivity contribution in [2.24, 2.45) is 4.99 Å². The van der Waals surface area contributed by atoms with Gasteiger partial charge in [-0.1, -0.05) is 12.1 Å². The highest BCUT2D eigenvalue weighted by Gasteiger charge is 2.12. The number of aromatic nitrogens is 1. The van der Waals surface area contributed by atoms with E-state index in [4.69, 9.17) is 5.41 Å². The van der Waals surface area contributed by atoms with E-state index in [-0.39, 0.29) is 18.3 Å². The van der Waals surface area contributed by atoms with E-state index in [0.29, 0.717) is 16.1 Å². The van der Waals surface area contributed by atoms with E-state index in [1.54, 1.807) is 13.0 Å². The van der Waals surface area contributed by atoms with Gasteiger partial charge in [-0.2, -0.15) is 0 Å². The summed E-state index contributed by atoms with van der Waals surface area (Å²) in [5, 5.41) is 11.2. The molecule has 1 amide bonds. The Morgan fingerprint density at radius 3 is 2.91 bits per heavy atom. The fourth-order valence-electron chi connectivity index (χ4n) is 1.81. The van der Waals surface area contributed by atoms with Crippen LogP contribution in [0, 0.1) is 25.1 Å². The molecule has 0 fully saturated rings. The van der Waals surface area contributed by atoms with Crippen LogP contribution in [0.15, 0.2) is 29.3 Å². The smallest absolute Gasteiger partial charge is 0.263 e. The SMILES string of the molecule is Cc1nc(C)c(C(=O)NCC=NC(=N)c2cccc(F)c2)s1. The molecular formula is C15H15FN4OS. The summed E-state index contributed by atoms with van der Waals surface area (Å²) in [5.41, 5.74) is 1.08. The molecule has 7 heteroatoms. The first kappa shape index (κ1) is 16.0. The second-order valence-corrected chi connectivity index (χ2v) is 5.73. The monoisotopic (exact) mass is 318 g/mol. The molecule has 1 aromatic carbocycles. The average Bonchev–Trinajstić information content (AvgIpc) is 2.82. The molecular weight excluding hydrogens is 303 g/mol. The minimum absolute atomic E-state index is 0.0569. The van der Waals surface area contributed by atoms with E-state index in [1.807, 2.05) is 6.92 Å². The normalized spacial score (nSPS) is 10.9. The number of halogens is 1. The summed E-state index contributed by atoms with van der Waals surface area (Å²) in [4.78, 5) is 20.6. The third-order valence-electron chi connectivity index (χ3n) is 2.78. The van der Waals surface area contributed by atoms with Gasteiger partial charge in [-0.3, -0.25) is 10.2 Å². The van der Waals surface area contributed by atoms with Gasteiger partial charge in [0.15, 0.2) is 5.84 Å². The van der Waals surface area contributed by atoms with Crippen molar-refractivity contribution in [2.45, 2.75) is 13.8 Å². The van der Waals surface area contributed by atoms with Gasteiger partial charge in [0.1, 0.15) is 10.7 Å². The van der Waals surface area contributed by atoms with Gasteiger partial charge in [0, 0.05) is 11.8 Å². The van der Waals surface area contributed by atoms with E-state index in [0.717, 1.165) is 5.01 Å². The van der Waals surface area contributed by atoms with Crippen molar-refractivity contribution in [1.82, 2.24) is 10.3 Å². The Bertz CT molecular complexity index is 739. The third kappa shape index (κ3) is 4.05. The predicted molar refractivity (Wildman–Crippen MR) is 85.6 cm³/mol. The number of nitrogens with one attached hydrogen (secondary N) is 2. The second kappa shape index (κ2) is 7.04. The quantitative estimate of drug-likeness (QED) is 0.671. The van der Waals surface area contributed by atoms with E-state index < -0.39 is 5.82 Å². The lowest BCUT2D eigenvalue weighted by molar-refractivity contribution is 0.0963. The Morgan fingerprint density at radius 1 is 1.50 bits per heavy atom. The fourth-order valence-corrected chi connectivity index (χ4v) is 2.64. The topological polar surface area (TPSA) is 78.2 Å². The number of hydrogen-bond acceptors (Lipinski definition) is 4. The van der Waals surface area contributed by atoms with Crippen molar-refractivity contribution in [3.8, 4) is 0 Å². The second-order valence-electron chi connectivity index (χ2n) is 4.53.